The number of aromatic nitrogens is 2. The maximum atomic E-state index is 12.7. The van der Waals surface area contributed by atoms with Crippen molar-refractivity contribution in [3.8, 4) is 0 Å². The number of para-hydroxylation sites is 2. The molecule has 1 aliphatic heterocycles. The number of aliphatic hydroxyl groups is 1. The fourth-order valence-electron chi connectivity index (χ4n) is 4.59. The molecule has 2 amide bonds. The van der Waals surface area contributed by atoms with Gasteiger partial charge in [0, 0.05) is 39.0 Å². The molecule has 1 saturated heterocycles. The van der Waals surface area contributed by atoms with E-state index in [9.17, 15) is 14.7 Å². The van der Waals surface area contributed by atoms with Crippen molar-refractivity contribution in [2.75, 3.05) is 26.7 Å². The number of H-pyrrole nitrogens is 1. The molecule has 2 aliphatic rings. The zero-order valence-corrected chi connectivity index (χ0v) is 16.8. The van der Waals surface area contributed by atoms with E-state index in [1.165, 1.54) is 0 Å². The van der Waals surface area contributed by atoms with E-state index in [2.05, 4.69) is 15.3 Å². The van der Waals surface area contributed by atoms with Crippen LogP contribution in [0.2, 0.25) is 0 Å². The molecule has 0 radical (unpaired) electrons. The van der Waals surface area contributed by atoms with Crippen LogP contribution in [0.3, 0.4) is 0 Å². The number of benzene rings is 1. The molecular weight excluding hydrogens is 370 g/mol. The van der Waals surface area contributed by atoms with E-state index >= 15 is 0 Å². The van der Waals surface area contributed by atoms with Gasteiger partial charge in [0.1, 0.15) is 5.82 Å². The van der Waals surface area contributed by atoms with Crippen molar-refractivity contribution in [2.24, 2.45) is 0 Å². The SMILES string of the molecule is CN(C(=O)CCCc1nc2ccccc2[nH]1)[C@@H]1CC[C@@H](N2CCNC(=O)C2)[C@@H]1O. The Labute approximate surface area is 170 Å². The third-order valence-electron chi connectivity index (χ3n) is 6.22. The van der Waals surface area contributed by atoms with Gasteiger partial charge in [-0.1, -0.05) is 12.1 Å². The van der Waals surface area contributed by atoms with Gasteiger partial charge in [0.15, 0.2) is 0 Å². The summed E-state index contributed by atoms with van der Waals surface area (Å²) in [6, 6.07) is 7.65. The minimum absolute atomic E-state index is 0.00178. The van der Waals surface area contributed by atoms with E-state index in [1.807, 2.05) is 29.2 Å². The lowest BCUT2D eigenvalue weighted by Crippen LogP contribution is -2.55. The van der Waals surface area contributed by atoms with Crippen LogP contribution in [-0.4, -0.2) is 81.6 Å². The molecule has 1 aromatic heterocycles. The van der Waals surface area contributed by atoms with Crippen molar-refractivity contribution in [3.05, 3.63) is 30.1 Å². The normalized spacial score (nSPS) is 25.3. The smallest absolute Gasteiger partial charge is 0.234 e. The fourth-order valence-corrected chi connectivity index (χ4v) is 4.59. The molecule has 29 heavy (non-hydrogen) atoms. The average molecular weight is 399 g/mol. The molecule has 0 spiro atoms. The standard InChI is InChI=1S/C21H29N5O3/c1-25(16-9-10-17(21(16)29)26-12-11-22-19(27)13-26)20(28)8-4-7-18-23-14-5-2-3-6-15(14)24-18/h2-3,5-6,16-17,21,29H,4,7-13H2,1H3,(H,22,27)(H,23,24)/t16-,17-,21-/m1/s1. The van der Waals surface area contributed by atoms with Crippen LogP contribution in [0.4, 0.5) is 0 Å². The fraction of sp³-hybridized carbons (Fsp3) is 0.571. The molecule has 0 unspecified atom stereocenters. The lowest BCUT2D eigenvalue weighted by Gasteiger charge is -2.36. The number of nitrogens with zero attached hydrogens (tertiary/aromatic N) is 3. The van der Waals surface area contributed by atoms with Gasteiger partial charge in [0.25, 0.3) is 0 Å². The summed E-state index contributed by atoms with van der Waals surface area (Å²) < 4.78 is 0. The van der Waals surface area contributed by atoms with Crippen LogP contribution in [0, 0.1) is 0 Å². The first-order chi connectivity index (χ1) is 14.0. The number of aromatic amines is 1. The maximum absolute atomic E-state index is 12.7. The summed E-state index contributed by atoms with van der Waals surface area (Å²) >= 11 is 0. The molecule has 2 fully saturated rings. The number of rotatable bonds is 6. The molecule has 4 rings (SSSR count). The topological polar surface area (TPSA) is 102 Å². The zero-order chi connectivity index (χ0) is 20.4. The van der Waals surface area contributed by atoms with Crippen LogP contribution < -0.4 is 5.32 Å². The quantitative estimate of drug-likeness (QED) is 0.663. The van der Waals surface area contributed by atoms with Crippen LogP contribution in [0.15, 0.2) is 24.3 Å². The van der Waals surface area contributed by atoms with Crippen LogP contribution in [0.1, 0.15) is 31.5 Å². The summed E-state index contributed by atoms with van der Waals surface area (Å²) in [7, 11) is 1.78. The van der Waals surface area contributed by atoms with Gasteiger partial charge in [-0.2, -0.15) is 0 Å². The highest BCUT2D eigenvalue weighted by atomic mass is 16.3. The Morgan fingerprint density at radius 2 is 2.17 bits per heavy atom. The van der Waals surface area contributed by atoms with Gasteiger partial charge in [-0.25, -0.2) is 4.98 Å². The van der Waals surface area contributed by atoms with Gasteiger partial charge in [0.05, 0.1) is 29.7 Å². The Morgan fingerprint density at radius 1 is 1.34 bits per heavy atom. The molecule has 2 heterocycles. The van der Waals surface area contributed by atoms with Crippen molar-refractivity contribution in [3.63, 3.8) is 0 Å². The van der Waals surface area contributed by atoms with Gasteiger partial charge in [-0.15, -0.1) is 0 Å². The summed E-state index contributed by atoms with van der Waals surface area (Å²) in [6.07, 6.45) is 2.79. The molecule has 1 aliphatic carbocycles. The van der Waals surface area contributed by atoms with Crippen LogP contribution in [0.5, 0.6) is 0 Å². The number of aliphatic hydroxyl groups excluding tert-OH is 1. The molecule has 3 N–H and O–H groups in total. The molecular formula is C21H29N5O3. The molecule has 3 atom stereocenters. The van der Waals surface area contributed by atoms with Crippen molar-refractivity contribution < 1.29 is 14.7 Å². The number of hydrogen-bond acceptors (Lipinski definition) is 5. The predicted molar refractivity (Wildman–Crippen MR) is 109 cm³/mol. The first kappa shape index (κ1) is 19.8. The van der Waals surface area contributed by atoms with Crippen molar-refractivity contribution in [1.29, 1.82) is 0 Å². The summed E-state index contributed by atoms with van der Waals surface area (Å²) in [5, 5.41) is 13.6. The van der Waals surface area contributed by atoms with Gasteiger partial charge < -0.3 is 20.3 Å². The van der Waals surface area contributed by atoms with E-state index in [0.717, 1.165) is 36.2 Å². The summed E-state index contributed by atoms with van der Waals surface area (Å²) in [5.74, 6) is 0.940. The Hall–Kier alpha value is -2.45. The lowest BCUT2D eigenvalue weighted by atomic mass is 10.1. The number of amides is 2. The number of aryl methyl sites for hydroxylation is 1. The van der Waals surface area contributed by atoms with Gasteiger partial charge >= 0.3 is 0 Å². The van der Waals surface area contributed by atoms with Crippen LogP contribution in [-0.2, 0) is 16.0 Å². The number of imidazole rings is 1. The Balaban J connectivity index is 1.28. The largest absolute Gasteiger partial charge is 0.389 e. The summed E-state index contributed by atoms with van der Waals surface area (Å²) in [4.78, 5) is 35.9. The Bertz CT molecular complexity index is 849. The van der Waals surface area contributed by atoms with Gasteiger partial charge in [-0.05, 0) is 31.4 Å². The number of piperazine rings is 1. The lowest BCUT2D eigenvalue weighted by molar-refractivity contribution is -0.135. The number of nitrogens with one attached hydrogen (secondary N) is 2. The van der Waals surface area contributed by atoms with Crippen molar-refractivity contribution in [1.82, 2.24) is 25.1 Å². The van der Waals surface area contributed by atoms with Crippen molar-refractivity contribution in [2.45, 2.75) is 50.3 Å². The van der Waals surface area contributed by atoms with E-state index in [0.29, 0.717) is 32.4 Å². The highest BCUT2D eigenvalue weighted by Crippen LogP contribution is 2.29. The molecule has 0 bridgehead atoms. The second-order valence-electron chi connectivity index (χ2n) is 8.08. The Morgan fingerprint density at radius 3 is 2.97 bits per heavy atom. The first-order valence-corrected chi connectivity index (χ1v) is 10.4. The summed E-state index contributed by atoms with van der Waals surface area (Å²) in [5.41, 5.74) is 1.95. The summed E-state index contributed by atoms with van der Waals surface area (Å²) in [6.45, 7) is 1.68. The molecule has 156 valence electrons. The minimum Gasteiger partial charge on any atom is -0.389 e. The highest BCUT2D eigenvalue weighted by Gasteiger charge is 2.42. The second-order valence-corrected chi connectivity index (χ2v) is 8.08. The average Bonchev–Trinajstić information content (AvgIpc) is 3.30. The van der Waals surface area contributed by atoms with Gasteiger partial charge in [0.2, 0.25) is 11.8 Å². The first-order valence-electron chi connectivity index (χ1n) is 10.4. The number of likely N-dealkylation sites (N-methyl/N-ethyl adjacent to an activating group) is 1. The molecule has 2 aromatic rings. The van der Waals surface area contributed by atoms with Crippen molar-refractivity contribution >= 4 is 22.8 Å². The van der Waals surface area contributed by atoms with E-state index in [-0.39, 0.29) is 23.9 Å². The number of carbonyl (C=O) groups excluding carboxylic acids is 2. The van der Waals surface area contributed by atoms with E-state index in [4.69, 9.17) is 0 Å². The predicted octanol–water partition coefficient (Wildman–Crippen LogP) is 0.668. The molecule has 1 saturated carbocycles. The molecule has 1 aromatic carbocycles. The minimum atomic E-state index is -0.620. The Kier molecular flexibility index (Phi) is 5.82. The molecule has 8 nitrogen and oxygen atoms in total. The number of hydrogen-bond donors (Lipinski definition) is 3. The monoisotopic (exact) mass is 399 g/mol. The maximum Gasteiger partial charge on any atom is 0.234 e. The van der Waals surface area contributed by atoms with Gasteiger partial charge in [-0.3, -0.25) is 14.5 Å². The zero-order valence-electron chi connectivity index (χ0n) is 16.8. The number of fused-ring (bicyclic) bond motifs is 1. The van der Waals surface area contributed by atoms with E-state index < -0.39 is 6.10 Å². The number of carbonyl (C=O) groups is 2. The van der Waals surface area contributed by atoms with E-state index in [1.54, 1.807) is 11.9 Å². The van der Waals surface area contributed by atoms with Crippen LogP contribution in [0.25, 0.3) is 11.0 Å². The third kappa shape index (κ3) is 4.28. The third-order valence-corrected chi connectivity index (χ3v) is 6.22. The molecule has 8 heteroatoms. The highest BCUT2D eigenvalue weighted by molar-refractivity contribution is 5.79. The second kappa shape index (κ2) is 8.51. The van der Waals surface area contributed by atoms with Crippen LogP contribution >= 0.6 is 0 Å².